The third-order valence-corrected chi connectivity index (χ3v) is 4.41. The van der Waals surface area contributed by atoms with Crippen molar-refractivity contribution in [1.82, 2.24) is 4.90 Å². The van der Waals surface area contributed by atoms with Crippen LogP contribution in [0.25, 0.3) is 0 Å². The van der Waals surface area contributed by atoms with Gasteiger partial charge in [0.15, 0.2) is 0 Å². The van der Waals surface area contributed by atoms with E-state index in [2.05, 4.69) is 20.8 Å². The molecule has 0 radical (unpaired) electrons. The van der Waals surface area contributed by atoms with E-state index < -0.39 is 0 Å². The molecule has 0 unspecified atom stereocenters. The molecular formula is C14H24BrNO. The van der Waals surface area contributed by atoms with Gasteiger partial charge in [-0.05, 0) is 25.7 Å². The molecular weight excluding hydrogens is 278 g/mol. The quantitative estimate of drug-likeness (QED) is 0.725. The summed E-state index contributed by atoms with van der Waals surface area (Å²) in [6.45, 7) is 0.903. The largest absolute Gasteiger partial charge is 0.339 e. The molecule has 0 aromatic heterocycles. The van der Waals surface area contributed by atoms with Gasteiger partial charge in [-0.15, -0.1) is 0 Å². The standard InChI is InChI=1S/C14H24BrNO/c15-10-11-16(13-8-9-13)14(17)12-6-4-2-1-3-5-7-12/h12-13H,1-11H2. The van der Waals surface area contributed by atoms with E-state index in [9.17, 15) is 4.79 Å². The summed E-state index contributed by atoms with van der Waals surface area (Å²) in [6, 6.07) is 0.575. The van der Waals surface area contributed by atoms with Crippen molar-refractivity contribution in [2.45, 2.75) is 63.8 Å². The Labute approximate surface area is 113 Å². The Balaban J connectivity index is 1.90. The highest BCUT2D eigenvalue weighted by atomic mass is 79.9. The number of alkyl halides is 1. The summed E-state index contributed by atoms with van der Waals surface area (Å²) in [6.07, 6.45) is 11.2. The predicted octanol–water partition coefficient (Wildman–Crippen LogP) is 3.73. The van der Waals surface area contributed by atoms with Crippen LogP contribution in [0, 0.1) is 5.92 Å². The molecule has 0 bridgehead atoms. The van der Waals surface area contributed by atoms with Crippen LogP contribution in [-0.2, 0) is 4.79 Å². The van der Waals surface area contributed by atoms with E-state index in [1.54, 1.807) is 0 Å². The minimum absolute atomic E-state index is 0.329. The lowest BCUT2D eigenvalue weighted by Gasteiger charge is -2.28. The molecule has 0 spiro atoms. The van der Waals surface area contributed by atoms with E-state index in [1.165, 1.54) is 44.9 Å². The second kappa shape index (κ2) is 6.77. The van der Waals surface area contributed by atoms with E-state index in [0.717, 1.165) is 24.7 Å². The summed E-state index contributed by atoms with van der Waals surface area (Å²) in [4.78, 5) is 14.7. The third-order valence-electron chi connectivity index (χ3n) is 4.05. The Morgan fingerprint density at radius 3 is 2.12 bits per heavy atom. The lowest BCUT2D eigenvalue weighted by atomic mass is 9.90. The van der Waals surface area contributed by atoms with Crippen LogP contribution in [0.1, 0.15) is 57.8 Å². The van der Waals surface area contributed by atoms with Gasteiger partial charge in [0.1, 0.15) is 0 Å². The van der Waals surface area contributed by atoms with Gasteiger partial charge in [-0.25, -0.2) is 0 Å². The third kappa shape index (κ3) is 3.97. The summed E-state index contributed by atoms with van der Waals surface area (Å²) >= 11 is 3.47. The number of amides is 1. The van der Waals surface area contributed by atoms with E-state index in [0.29, 0.717) is 17.9 Å². The van der Waals surface area contributed by atoms with E-state index in [1.807, 2.05) is 0 Å². The van der Waals surface area contributed by atoms with Crippen molar-refractivity contribution in [3.63, 3.8) is 0 Å². The number of rotatable bonds is 4. The second-order valence-electron chi connectivity index (χ2n) is 5.49. The summed E-state index contributed by atoms with van der Waals surface area (Å²) in [7, 11) is 0. The number of hydrogen-bond donors (Lipinski definition) is 0. The molecule has 0 saturated heterocycles. The lowest BCUT2D eigenvalue weighted by molar-refractivity contribution is -0.136. The minimum Gasteiger partial charge on any atom is -0.339 e. The number of carbonyl (C=O) groups excluding carboxylic acids is 1. The predicted molar refractivity (Wildman–Crippen MR) is 74.3 cm³/mol. The normalized spacial score (nSPS) is 22.9. The van der Waals surface area contributed by atoms with E-state index in [-0.39, 0.29) is 0 Å². The summed E-state index contributed by atoms with van der Waals surface area (Å²) in [5.74, 6) is 0.781. The number of carbonyl (C=O) groups is 1. The molecule has 98 valence electrons. The molecule has 2 aliphatic rings. The molecule has 0 N–H and O–H groups in total. The summed E-state index contributed by atoms with van der Waals surface area (Å²) < 4.78 is 0. The summed E-state index contributed by atoms with van der Waals surface area (Å²) in [5, 5.41) is 0.919. The topological polar surface area (TPSA) is 20.3 Å². The highest BCUT2D eigenvalue weighted by Crippen LogP contribution is 2.31. The Hall–Kier alpha value is -0.0500. The highest BCUT2D eigenvalue weighted by molar-refractivity contribution is 9.09. The molecule has 2 fully saturated rings. The minimum atomic E-state index is 0.329. The van der Waals surface area contributed by atoms with Gasteiger partial charge >= 0.3 is 0 Å². The SMILES string of the molecule is O=C(C1CCCCCCC1)N(CCBr)C1CC1. The Morgan fingerprint density at radius 2 is 1.59 bits per heavy atom. The van der Waals surface area contributed by atoms with Crippen molar-refractivity contribution in [3.8, 4) is 0 Å². The van der Waals surface area contributed by atoms with Crippen LogP contribution >= 0.6 is 15.9 Å². The van der Waals surface area contributed by atoms with Gasteiger partial charge in [0.25, 0.3) is 0 Å². The smallest absolute Gasteiger partial charge is 0.225 e. The maximum absolute atomic E-state index is 12.5. The monoisotopic (exact) mass is 301 g/mol. The molecule has 17 heavy (non-hydrogen) atoms. The fourth-order valence-corrected chi connectivity index (χ4v) is 3.27. The van der Waals surface area contributed by atoms with Crippen LogP contribution in [0.3, 0.4) is 0 Å². The van der Waals surface area contributed by atoms with Crippen molar-refractivity contribution >= 4 is 21.8 Å². The summed E-state index contributed by atoms with van der Waals surface area (Å²) in [5.41, 5.74) is 0. The van der Waals surface area contributed by atoms with Gasteiger partial charge < -0.3 is 4.90 Å². The molecule has 0 heterocycles. The van der Waals surface area contributed by atoms with Crippen LogP contribution < -0.4 is 0 Å². The van der Waals surface area contributed by atoms with Crippen LogP contribution in [0.5, 0.6) is 0 Å². The molecule has 0 atom stereocenters. The Kier molecular flexibility index (Phi) is 5.33. The maximum atomic E-state index is 12.5. The average Bonchev–Trinajstić information content (AvgIpc) is 3.08. The molecule has 0 aliphatic heterocycles. The zero-order valence-corrected chi connectivity index (χ0v) is 12.3. The van der Waals surface area contributed by atoms with Crippen molar-refractivity contribution < 1.29 is 4.79 Å². The average molecular weight is 302 g/mol. The van der Waals surface area contributed by atoms with Crippen LogP contribution in [0.4, 0.5) is 0 Å². The van der Waals surface area contributed by atoms with Crippen molar-refractivity contribution in [3.05, 3.63) is 0 Å². The second-order valence-corrected chi connectivity index (χ2v) is 6.29. The fourth-order valence-electron chi connectivity index (χ4n) is 2.89. The molecule has 0 aromatic carbocycles. The molecule has 2 rings (SSSR count). The van der Waals surface area contributed by atoms with Gasteiger partial charge in [0, 0.05) is 23.8 Å². The first-order chi connectivity index (χ1) is 8.33. The van der Waals surface area contributed by atoms with E-state index >= 15 is 0 Å². The molecule has 2 saturated carbocycles. The zero-order chi connectivity index (χ0) is 12.1. The molecule has 2 aliphatic carbocycles. The fraction of sp³-hybridized carbons (Fsp3) is 0.929. The highest BCUT2D eigenvalue weighted by Gasteiger charge is 2.35. The number of hydrogen-bond acceptors (Lipinski definition) is 1. The first kappa shape index (κ1) is 13.4. The van der Waals surface area contributed by atoms with Crippen LogP contribution in [0.2, 0.25) is 0 Å². The number of halogens is 1. The van der Waals surface area contributed by atoms with Gasteiger partial charge in [-0.3, -0.25) is 4.79 Å². The van der Waals surface area contributed by atoms with Crippen molar-refractivity contribution in [2.75, 3.05) is 11.9 Å². The Morgan fingerprint density at radius 1 is 1.00 bits per heavy atom. The molecule has 1 amide bonds. The van der Waals surface area contributed by atoms with Crippen molar-refractivity contribution in [1.29, 1.82) is 0 Å². The van der Waals surface area contributed by atoms with Crippen molar-refractivity contribution in [2.24, 2.45) is 5.92 Å². The van der Waals surface area contributed by atoms with E-state index in [4.69, 9.17) is 0 Å². The number of nitrogens with zero attached hydrogens (tertiary/aromatic N) is 1. The Bertz CT molecular complexity index is 245. The van der Waals surface area contributed by atoms with Crippen LogP contribution in [-0.4, -0.2) is 28.7 Å². The van der Waals surface area contributed by atoms with Gasteiger partial charge in [0.05, 0.1) is 0 Å². The van der Waals surface area contributed by atoms with Crippen LogP contribution in [0.15, 0.2) is 0 Å². The zero-order valence-electron chi connectivity index (χ0n) is 10.7. The first-order valence-corrected chi connectivity index (χ1v) is 8.31. The maximum Gasteiger partial charge on any atom is 0.225 e. The van der Waals surface area contributed by atoms with Gasteiger partial charge in [0.2, 0.25) is 5.91 Å². The molecule has 3 heteroatoms. The van der Waals surface area contributed by atoms with Gasteiger partial charge in [-0.1, -0.05) is 48.0 Å². The van der Waals surface area contributed by atoms with Gasteiger partial charge in [-0.2, -0.15) is 0 Å². The molecule has 2 nitrogen and oxygen atoms in total. The first-order valence-electron chi connectivity index (χ1n) is 7.19. The molecule has 0 aromatic rings. The lowest BCUT2D eigenvalue weighted by Crippen LogP contribution is -2.39.